The number of amides is 1. The predicted molar refractivity (Wildman–Crippen MR) is 46.0 cm³/mol. The second-order valence-corrected chi connectivity index (χ2v) is 2.71. The first-order valence-corrected chi connectivity index (χ1v) is 4.02. The van der Waals surface area contributed by atoms with E-state index in [0.29, 0.717) is 0 Å². The van der Waals surface area contributed by atoms with Crippen molar-refractivity contribution < 1.29 is 23.1 Å². The summed E-state index contributed by atoms with van der Waals surface area (Å²) >= 11 is 0. The van der Waals surface area contributed by atoms with Gasteiger partial charge in [0.1, 0.15) is 6.73 Å². The highest BCUT2D eigenvalue weighted by atomic mass is 19.4. The summed E-state index contributed by atoms with van der Waals surface area (Å²) in [7, 11) is 0. The summed E-state index contributed by atoms with van der Waals surface area (Å²) in [5.74, 6) is -0.953. The number of halogens is 3. The summed E-state index contributed by atoms with van der Waals surface area (Å²) in [5, 5.41) is 10.3. The molecule has 0 saturated heterocycles. The Hall–Kier alpha value is -1.56. The zero-order valence-corrected chi connectivity index (χ0v) is 7.51. The van der Waals surface area contributed by atoms with E-state index < -0.39 is 29.9 Å². The molecule has 6 heteroatoms. The number of benzene rings is 1. The summed E-state index contributed by atoms with van der Waals surface area (Å²) < 4.78 is 37.2. The van der Waals surface area contributed by atoms with Gasteiger partial charge in [-0.15, -0.1) is 0 Å². The molecule has 1 aromatic rings. The standard InChI is InChI=1S/C9H8F3NO2/c10-9(11,12)7-4-2-1-3-6(7)8(15)13-5-14/h1-4,14H,5H2,(H,13,15). The van der Waals surface area contributed by atoms with Crippen LogP contribution in [0, 0.1) is 0 Å². The molecule has 0 aliphatic carbocycles. The summed E-state index contributed by atoms with van der Waals surface area (Å²) in [6.45, 7) is -0.703. The number of hydrogen-bond acceptors (Lipinski definition) is 2. The van der Waals surface area contributed by atoms with E-state index in [0.717, 1.165) is 12.1 Å². The van der Waals surface area contributed by atoms with Gasteiger partial charge in [0, 0.05) is 0 Å². The van der Waals surface area contributed by atoms with Crippen molar-refractivity contribution in [3.05, 3.63) is 35.4 Å². The van der Waals surface area contributed by atoms with Crippen molar-refractivity contribution in [2.75, 3.05) is 6.73 Å². The van der Waals surface area contributed by atoms with Gasteiger partial charge < -0.3 is 10.4 Å². The summed E-state index contributed by atoms with van der Waals surface area (Å²) in [5.41, 5.74) is -1.52. The fourth-order valence-corrected chi connectivity index (χ4v) is 1.10. The van der Waals surface area contributed by atoms with Gasteiger partial charge in [-0.3, -0.25) is 4.79 Å². The minimum atomic E-state index is -4.58. The first-order valence-electron chi connectivity index (χ1n) is 4.02. The van der Waals surface area contributed by atoms with Gasteiger partial charge >= 0.3 is 6.18 Å². The lowest BCUT2D eigenvalue weighted by atomic mass is 10.1. The minimum absolute atomic E-state index is 0.501. The largest absolute Gasteiger partial charge is 0.417 e. The van der Waals surface area contributed by atoms with Crippen LogP contribution in [0.1, 0.15) is 15.9 Å². The number of alkyl halides is 3. The van der Waals surface area contributed by atoms with Crippen molar-refractivity contribution in [1.29, 1.82) is 0 Å². The number of rotatable bonds is 2. The van der Waals surface area contributed by atoms with Crippen LogP contribution in [0.25, 0.3) is 0 Å². The number of hydrogen-bond donors (Lipinski definition) is 2. The molecule has 1 amide bonds. The van der Waals surface area contributed by atoms with Gasteiger partial charge in [0.2, 0.25) is 0 Å². The van der Waals surface area contributed by atoms with Gasteiger partial charge in [-0.2, -0.15) is 13.2 Å². The molecule has 0 saturated carbocycles. The Morgan fingerprint density at radius 1 is 1.33 bits per heavy atom. The Labute approximate surface area is 83.5 Å². The SMILES string of the molecule is O=C(NCO)c1ccccc1C(F)(F)F. The van der Waals surface area contributed by atoms with Crippen molar-refractivity contribution in [3.63, 3.8) is 0 Å². The molecule has 0 unspecified atom stereocenters. The Balaban J connectivity index is 3.12. The van der Waals surface area contributed by atoms with Gasteiger partial charge in [0.05, 0.1) is 11.1 Å². The van der Waals surface area contributed by atoms with Crippen LogP contribution >= 0.6 is 0 Å². The van der Waals surface area contributed by atoms with Gasteiger partial charge in [-0.1, -0.05) is 12.1 Å². The number of aliphatic hydroxyl groups is 1. The van der Waals surface area contributed by atoms with E-state index in [9.17, 15) is 18.0 Å². The monoisotopic (exact) mass is 219 g/mol. The van der Waals surface area contributed by atoms with Crippen molar-refractivity contribution in [2.45, 2.75) is 6.18 Å². The van der Waals surface area contributed by atoms with E-state index >= 15 is 0 Å². The van der Waals surface area contributed by atoms with Crippen molar-refractivity contribution >= 4 is 5.91 Å². The number of aliphatic hydroxyl groups excluding tert-OH is 1. The van der Waals surface area contributed by atoms with Crippen LogP contribution in [-0.4, -0.2) is 17.7 Å². The lowest BCUT2D eigenvalue weighted by Crippen LogP contribution is -2.26. The van der Waals surface area contributed by atoms with E-state index in [2.05, 4.69) is 0 Å². The molecule has 0 fully saturated rings. The molecule has 0 aliphatic heterocycles. The highest BCUT2D eigenvalue weighted by Crippen LogP contribution is 2.31. The quantitative estimate of drug-likeness (QED) is 0.738. The van der Waals surface area contributed by atoms with E-state index in [1.807, 2.05) is 5.32 Å². The van der Waals surface area contributed by atoms with Gasteiger partial charge in [0.25, 0.3) is 5.91 Å². The van der Waals surface area contributed by atoms with E-state index in [-0.39, 0.29) is 0 Å². The molecule has 1 rings (SSSR count). The maximum absolute atomic E-state index is 12.4. The second-order valence-electron chi connectivity index (χ2n) is 2.71. The summed E-state index contributed by atoms with van der Waals surface area (Å²) in [4.78, 5) is 11.1. The third-order valence-electron chi connectivity index (χ3n) is 1.72. The lowest BCUT2D eigenvalue weighted by Gasteiger charge is -2.11. The molecular formula is C9H8F3NO2. The molecular weight excluding hydrogens is 211 g/mol. The molecule has 2 N–H and O–H groups in total. The first-order chi connectivity index (χ1) is 6.96. The van der Waals surface area contributed by atoms with E-state index in [4.69, 9.17) is 5.11 Å². The van der Waals surface area contributed by atoms with Crippen LogP contribution in [0.5, 0.6) is 0 Å². The molecule has 0 aliphatic rings. The molecule has 82 valence electrons. The van der Waals surface area contributed by atoms with Crippen molar-refractivity contribution in [2.24, 2.45) is 0 Å². The van der Waals surface area contributed by atoms with Crippen molar-refractivity contribution in [1.82, 2.24) is 5.32 Å². The third-order valence-corrected chi connectivity index (χ3v) is 1.72. The molecule has 0 atom stereocenters. The topological polar surface area (TPSA) is 49.3 Å². The Morgan fingerprint density at radius 2 is 1.93 bits per heavy atom. The van der Waals surface area contributed by atoms with E-state index in [1.165, 1.54) is 12.1 Å². The van der Waals surface area contributed by atoms with Crippen LogP contribution in [0.2, 0.25) is 0 Å². The minimum Gasteiger partial charge on any atom is -0.376 e. The zero-order valence-electron chi connectivity index (χ0n) is 7.51. The smallest absolute Gasteiger partial charge is 0.376 e. The summed E-state index contributed by atoms with van der Waals surface area (Å²) in [6, 6.07) is 4.38. The molecule has 3 nitrogen and oxygen atoms in total. The Bertz CT molecular complexity index is 363. The molecule has 0 radical (unpaired) electrons. The number of carbonyl (C=O) groups excluding carboxylic acids is 1. The van der Waals surface area contributed by atoms with Crippen LogP contribution in [0.15, 0.2) is 24.3 Å². The second kappa shape index (κ2) is 4.31. The highest BCUT2D eigenvalue weighted by molar-refractivity contribution is 5.95. The van der Waals surface area contributed by atoms with Crippen LogP contribution in [0.3, 0.4) is 0 Å². The number of carbonyl (C=O) groups is 1. The maximum atomic E-state index is 12.4. The van der Waals surface area contributed by atoms with Gasteiger partial charge in [0.15, 0.2) is 0 Å². The summed E-state index contributed by atoms with van der Waals surface area (Å²) in [6.07, 6.45) is -4.58. The zero-order chi connectivity index (χ0) is 11.5. The third kappa shape index (κ3) is 2.69. The van der Waals surface area contributed by atoms with Crippen LogP contribution in [-0.2, 0) is 6.18 Å². The normalized spacial score (nSPS) is 11.2. The van der Waals surface area contributed by atoms with Crippen molar-refractivity contribution in [3.8, 4) is 0 Å². The Kier molecular flexibility index (Phi) is 3.31. The molecule has 15 heavy (non-hydrogen) atoms. The fraction of sp³-hybridized carbons (Fsp3) is 0.222. The molecule has 0 heterocycles. The van der Waals surface area contributed by atoms with Gasteiger partial charge in [-0.05, 0) is 12.1 Å². The lowest BCUT2D eigenvalue weighted by molar-refractivity contribution is -0.137. The average Bonchev–Trinajstić information content (AvgIpc) is 2.17. The molecule has 0 aromatic heterocycles. The molecule has 0 bridgehead atoms. The average molecular weight is 219 g/mol. The maximum Gasteiger partial charge on any atom is 0.417 e. The van der Waals surface area contributed by atoms with Crippen LogP contribution < -0.4 is 5.32 Å². The molecule has 1 aromatic carbocycles. The van der Waals surface area contributed by atoms with Crippen LogP contribution in [0.4, 0.5) is 13.2 Å². The van der Waals surface area contributed by atoms with Gasteiger partial charge in [-0.25, -0.2) is 0 Å². The Morgan fingerprint density at radius 3 is 2.47 bits per heavy atom. The first kappa shape index (κ1) is 11.5. The predicted octanol–water partition coefficient (Wildman–Crippen LogP) is 1.39. The molecule has 0 spiro atoms. The fourth-order valence-electron chi connectivity index (χ4n) is 1.10. The number of nitrogens with one attached hydrogen (secondary N) is 1. The van der Waals surface area contributed by atoms with E-state index in [1.54, 1.807) is 0 Å². The highest BCUT2D eigenvalue weighted by Gasteiger charge is 2.34.